The molecule has 0 unspecified atom stereocenters. The molecular formula is C20H23FN2O5S. The zero-order chi connectivity index (χ0) is 21.2. The van der Waals surface area contributed by atoms with Gasteiger partial charge in [0.2, 0.25) is 0 Å². The van der Waals surface area contributed by atoms with Gasteiger partial charge in [-0.25, -0.2) is 12.8 Å². The smallest absolute Gasteiger partial charge is 0.262 e. The molecule has 2 N–H and O–H groups in total. The maximum absolute atomic E-state index is 13.9. The Kier molecular flexibility index (Phi) is 5.97. The predicted octanol–water partition coefficient (Wildman–Crippen LogP) is 3.17. The lowest BCUT2D eigenvalue weighted by molar-refractivity contribution is 0.0932. The maximum Gasteiger partial charge on any atom is 0.262 e. The van der Waals surface area contributed by atoms with Gasteiger partial charge in [-0.3, -0.25) is 9.52 Å². The molecule has 0 radical (unpaired) electrons. The molecule has 1 amide bonds. The van der Waals surface area contributed by atoms with Gasteiger partial charge in [0.1, 0.15) is 5.82 Å². The molecule has 2 aromatic carbocycles. The Labute approximate surface area is 169 Å². The van der Waals surface area contributed by atoms with Crippen molar-refractivity contribution in [3.8, 4) is 11.5 Å². The van der Waals surface area contributed by atoms with Gasteiger partial charge in [0.05, 0.1) is 30.4 Å². The first kappa shape index (κ1) is 20.9. The molecule has 7 nitrogen and oxygen atoms in total. The average molecular weight is 422 g/mol. The Hall–Kier alpha value is -2.81. The number of halogens is 1. The molecule has 0 aliphatic heterocycles. The topological polar surface area (TPSA) is 93.7 Å². The van der Waals surface area contributed by atoms with Crippen LogP contribution in [-0.2, 0) is 10.0 Å². The van der Waals surface area contributed by atoms with Crippen LogP contribution in [0.3, 0.4) is 0 Å². The average Bonchev–Trinajstić information content (AvgIpc) is 3.53. The summed E-state index contributed by atoms with van der Waals surface area (Å²) in [5.74, 6) is -0.567. The second-order valence-corrected chi connectivity index (χ2v) is 8.57. The molecule has 1 saturated carbocycles. The van der Waals surface area contributed by atoms with Crippen LogP contribution in [-0.4, -0.2) is 34.6 Å². The quantitative estimate of drug-likeness (QED) is 0.682. The van der Waals surface area contributed by atoms with E-state index in [1.54, 1.807) is 0 Å². The van der Waals surface area contributed by atoms with Gasteiger partial charge >= 0.3 is 0 Å². The van der Waals surface area contributed by atoms with Gasteiger partial charge in [0, 0.05) is 12.1 Å². The van der Waals surface area contributed by atoms with Crippen molar-refractivity contribution >= 4 is 21.6 Å². The van der Waals surface area contributed by atoms with Crippen LogP contribution in [0.5, 0.6) is 11.5 Å². The number of benzene rings is 2. The Morgan fingerprint density at radius 2 is 1.86 bits per heavy atom. The number of anilines is 1. The molecule has 156 valence electrons. The summed E-state index contributed by atoms with van der Waals surface area (Å²) >= 11 is 0. The fourth-order valence-electron chi connectivity index (χ4n) is 3.01. The lowest BCUT2D eigenvalue weighted by Gasteiger charge is -2.18. The molecule has 0 aromatic heterocycles. The van der Waals surface area contributed by atoms with Crippen LogP contribution in [0, 0.1) is 11.7 Å². The second-order valence-electron chi connectivity index (χ2n) is 6.89. The van der Waals surface area contributed by atoms with Crippen molar-refractivity contribution in [3.05, 3.63) is 47.8 Å². The van der Waals surface area contributed by atoms with E-state index in [1.807, 2.05) is 6.92 Å². The zero-order valence-corrected chi connectivity index (χ0v) is 17.2. The number of carbonyl (C=O) groups excluding carboxylic acids is 1. The third kappa shape index (κ3) is 4.61. The molecule has 0 saturated heterocycles. The Morgan fingerprint density at radius 3 is 2.45 bits per heavy atom. The first-order chi connectivity index (χ1) is 13.8. The van der Waals surface area contributed by atoms with Gasteiger partial charge in [-0.05, 0) is 43.9 Å². The lowest BCUT2D eigenvalue weighted by atomic mass is 10.1. The Morgan fingerprint density at radius 1 is 1.17 bits per heavy atom. The molecule has 0 spiro atoms. The number of rotatable bonds is 8. The highest BCUT2D eigenvalue weighted by Gasteiger charge is 2.31. The molecule has 1 aliphatic carbocycles. The van der Waals surface area contributed by atoms with E-state index in [0.29, 0.717) is 5.92 Å². The number of nitrogens with one attached hydrogen (secondary N) is 2. The molecule has 1 fully saturated rings. The van der Waals surface area contributed by atoms with E-state index in [2.05, 4.69) is 10.0 Å². The third-order valence-electron chi connectivity index (χ3n) is 4.81. The highest BCUT2D eigenvalue weighted by atomic mass is 32.2. The molecule has 9 heteroatoms. The normalized spacial score (nSPS) is 14.8. The Bertz CT molecular complexity index is 1020. The van der Waals surface area contributed by atoms with Crippen molar-refractivity contribution in [1.29, 1.82) is 0 Å². The number of hydrogen-bond acceptors (Lipinski definition) is 5. The predicted molar refractivity (Wildman–Crippen MR) is 106 cm³/mol. The summed E-state index contributed by atoms with van der Waals surface area (Å²) in [7, 11) is -1.48. The van der Waals surface area contributed by atoms with Crippen molar-refractivity contribution in [2.45, 2.75) is 30.7 Å². The number of carbonyl (C=O) groups is 1. The van der Waals surface area contributed by atoms with Crippen LogP contribution in [0.15, 0.2) is 41.3 Å². The lowest BCUT2D eigenvalue weighted by Crippen LogP contribution is -2.34. The van der Waals surface area contributed by atoms with E-state index >= 15 is 0 Å². The number of ether oxygens (including phenoxy) is 2. The van der Waals surface area contributed by atoms with Crippen LogP contribution in [0.2, 0.25) is 0 Å². The van der Waals surface area contributed by atoms with E-state index in [1.165, 1.54) is 44.6 Å². The fourth-order valence-corrected chi connectivity index (χ4v) is 4.12. The van der Waals surface area contributed by atoms with Gasteiger partial charge in [-0.2, -0.15) is 0 Å². The van der Waals surface area contributed by atoms with Crippen LogP contribution >= 0.6 is 0 Å². The summed E-state index contributed by atoms with van der Waals surface area (Å²) < 4.78 is 52.3. The van der Waals surface area contributed by atoms with Gasteiger partial charge in [-0.15, -0.1) is 0 Å². The molecular weight excluding hydrogens is 399 g/mol. The first-order valence-electron chi connectivity index (χ1n) is 9.11. The van der Waals surface area contributed by atoms with E-state index in [9.17, 15) is 17.6 Å². The molecule has 3 rings (SSSR count). The van der Waals surface area contributed by atoms with Crippen LogP contribution in [0.1, 0.15) is 30.1 Å². The van der Waals surface area contributed by atoms with E-state index in [4.69, 9.17) is 9.47 Å². The monoisotopic (exact) mass is 422 g/mol. The molecule has 29 heavy (non-hydrogen) atoms. The minimum atomic E-state index is -4.19. The van der Waals surface area contributed by atoms with Crippen molar-refractivity contribution < 1.29 is 27.1 Å². The summed E-state index contributed by atoms with van der Waals surface area (Å²) in [6.07, 6.45) is 2.09. The van der Waals surface area contributed by atoms with Gasteiger partial charge in [-0.1, -0.05) is 12.1 Å². The summed E-state index contributed by atoms with van der Waals surface area (Å²) in [6.45, 7) is 1.90. The maximum atomic E-state index is 13.9. The number of methoxy groups -OCH3 is 2. The summed E-state index contributed by atoms with van der Waals surface area (Å²) in [5, 5.41) is 2.87. The van der Waals surface area contributed by atoms with Crippen LogP contribution in [0.25, 0.3) is 0 Å². The fraction of sp³-hybridized carbons (Fsp3) is 0.350. The second kappa shape index (κ2) is 8.28. The van der Waals surface area contributed by atoms with E-state index in [0.717, 1.165) is 18.9 Å². The molecule has 2 aromatic rings. The first-order valence-corrected chi connectivity index (χ1v) is 10.6. The van der Waals surface area contributed by atoms with E-state index in [-0.39, 0.29) is 33.7 Å². The molecule has 1 aliphatic rings. The molecule has 0 heterocycles. The van der Waals surface area contributed by atoms with Gasteiger partial charge in [0.25, 0.3) is 15.9 Å². The summed E-state index contributed by atoms with van der Waals surface area (Å²) in [5.41, 5.74) is -0.177. The van der Waals surface area contributed by atoms with Crippen molar-refractivity contribution in [2.75, 3.05) is 18.9 Å². The minimum absolute atomic E-state index is 0.0215. The summed E-state index contributed by atoms with van der Waals surface area (Å²) in [6, 6.07) is 7.78. The molecule has 1 atom stereocenters. The summed E-state index contributed by atoms with van der Waals surface area (Å²) in [4.78, 5) is 12.6. The van der Waals surface area contributed by atoms with Crippen molar-refractivity contribution in [2.24, 2.45) is 5.92 Å². The van der Waals surface area contributed by atoms with Crippen LogP contribution < -0.4 is 19.5 Å². The van der Waals surface area contributed by atoms with Crippen molar-refractivity contribution in [3.63, 3.8) is 0 Å². The Balaban J connectivity index is 2.00. The molecule has 0 bridgehead atoms. The standard InChI is InChI=1S/C20H23FN2O5S/c1-12(13-8-9-13)22-20(24)15-10-14(11-18(27-2)19(15)28-3)29(25,26)23-17-7-5-4-6-16(17)21/h4-7,10-13,23H,8-9H2,1-3H3,(H,22,24)/t12-/m1/s1. The van der Waals surface area contributed by atoms with Gasteiger partial charge in [0.15, 0.2) is 11.5 Å². The number of sulfonamides is 1. The number of para-hydroxylation sites is 1. The minimum Gasteiger partial charge on any atom is -0.493 e. The third-order valence-corrected chi connectivity index (χ3v) is 6.16. The number of hydrogen-bond donors (Lipinski definition) is 2. The van der Waals surface area contributed by atoms with Crippen molar-refractivity contribution in [1.82, 2.24) is 5.32 Å². The highest BCUT2D eigenvalue weighted by molar-refractivity contribution is 7.92. The van der Waals surface area contributed by atoms with E-state index < -0.39 is 21.7 Å². The van der Waals surface area contributed by atoms with Gasteiger partial charge < -0.3 is 14.8 Å². The highest BCUT2D eigenvalue weighted by Crippen LogP contribution is 2.36. The number of amides is 1. The largest absolute Gasteiger partial charge is 0.493 e. The van der Waals surface area contributed by atoms with Crippen LogP contribution in [0.4, 0.5) is 10.1 Å². The SMILES string of the molecule is COc1cc(S(=O)(=O)Nc2ccccc2F)cc(C(=O)N[C@H](C)C2CC2)c1OC. The zero-order valence-electron chi connectivity index (χ0n) is 16.4.